The third-order valence-electron chi connectivity index (χ3n) is 3.02. The molecule has 17 heavy (non-hydrogen) atoms. The summed E-state index contributed by atoms with van der Waals surface area (Å²) in [6, 6.07) is 8.01. The van der Waals surface area contributed by atoms with Gasteiger partial charge in [-0.3, -0.25) is 0 Å². The lowest BCUT2D eigenvalue weighted by Gasteiger charge is -2.19. The Hall–Kier alpha value is -2.29. The molecule has 0 saturated carbocycles. The van der Waals surface area contributed by atoms with Gasteiger partial charge in [-0.05, 0) is 17.7 Å². The summed E-state index contributed by atoms with van der Waals surface area (Å²) in [5, 5.41) is 4.41. The number of nitrogens with two attached hydrogens (primary N) is 1. The highest BCUT2D eigenvalue weighted by atomic mass is 15.0. The Morgan fingerprint density at radius 2 is 2.18 bits per heavy atom. The number of hydrogen-bond donors (Lipinski definition) is 2. The minimum absolute atomic E-state index is 0.554. The highest BCUT2D eigenvalue weighted by Crippen LogP contribution is 2.34. The van der Waals surface area contributed by atoms with Crippen molar-refractivity contribution < 1.29 is 0 Å². The Kier molecular flexibility index (Phi) is 2.11. The van der Waals surface area contributed by atoms with Crippen molar-refractivity contribution >= 4 is 28.5 Å². The van der Waals surface area contributed by atoms with Crippen LogP contribution in [0.5, 0.6) is 0 Å². The van der Waals surface area contributed by atoms with E-state index in [0.29, 0.717) is 5.82 Å². The van der Waals surface area contributed by atoms with Crippen molar-refractivity contribution in [3.63, 3.8) is 0 Å². The lowest BCUT2D eigenvalue weighted by molar-refractivity contribution is 1.23. The van der Waals surface area contributed by atoms with Gasteiger partial charge in [0.15, 0.2) is 0 Å². The molecule has 0 atom stereocenters. The van der Waals surface area contributed by atoms with Crippen molar-refractivity contribution in [2.24, 2.45) is 0 Å². The van der Waals surface area contributed by atoms with Crippen molar-refractivity contribution in [1.82, 2.24) is 4.98 Å². The lowest BCUT2D eigenvalue weighted by atomic mass is 10.0. The molecule has 1 aliphatic rings. The monoisotopic (exact) mass is 223 g/mol. The SMILES string of the molecule is C=CC1=Cc2c(c(N)nc3ccccc23)NC1. The average Bonchev–Trinajstić information content (AvgIpc) is 2.38. The zero-order valence-electron chi connectivity index (χ0n) is 9.40. The first-order chi connectivity index (χ1) is 8.29. The van der Waals surface area contributed by atoms with Crippen molar-refractivity contribution in [1.29, 1.82) is 0 Å². The zero-order chi connectivity index (χ0) is 11.8. The molecular weight excluding hydrogens is 210 g/mol. The molecule has 3 N–H and O–H groups in total. The molecular formula is C14H13N3. The Morgan fingerprint density at radius 3 is 3.00 bits per heavy atom. The lowest BCUT2D eigenvalue weighted by Crippen LogP contribution is -2.12. The number of aromatic nitrogens is 1. The van der Waals surface area contributed by atoms with Crippen molar-refractivity contribution in [3.8, 4) is 0 Å². The highest BCUT2D eigenvalue weighted by molar-refractivity contribution is 5.98. The number of nitrogens with one attached hydrogen (secondary N) is 1. The van der Waals surface area contributed by atoms with E-state index in [2.05, 4.69) is 29.0 Å². The van der Waals surface area contributed by atoms with Crippen LogP contribution in [0.1, 0.15) is 5.56 Å². The second kappa shape index (κ2) is 3.63. The van der Waals surface area contributed by atoms with E-state index < -0.39 is 0 Å². The molecule has 2 aromatic rings. The van der Waals surface area contributed by atoms with E-state index in [1.54, 1.807) is 0 Å². The molecule has 3 heteroatoms. The molecule has 0 aliphatic carbocycles. The van der Waals surface area contributed by atoms with Gasteiger partial charge in [0.25, 0.3) is 0 Å². The van der Waals surface area contributed by atoms with Gasteiger partial charge in [-0.15, -0.1) is 0 Å². The van der Waals surface area contributed by atoms with Gasteiger partial charge in [-0.25, -0.2) is 4.98 Å². The van der Waals surface area contributed by atoms with Gasteiger partial charge in [0, 0.05) is 17.5 Å². The standard InChI is InChI=1S/C14H13N3/c1-2-9-7-11-10-5-3-4-6-12(10)17-14(15)13(11)16-8-9/h2-7,16H,1,8H2,(H2,15,17). The number of fused-ring (bicyclic) bond motifs is 3. The number of anilines is 2. The van der Waals surface area contributed by atoms with Crippen LogP contribution in [0.2, 0.25) is 0 Å². The Morgan fingerprint density at radius 1 is 1.35 bits per heavy atom. The van der Waals surface area contributed by atoms with E-state index in [9.17, 15) is 0 Å². The smallest absolute Gasteiger partial charge is 0.148 e. The third kappa shape index (κ3) is 1.47. The summed E-state index contributed by atoms with van der Waals surface area (Å²) in [5.41, 5.74) is 10.1. The van der Waals surface area contributed by atoms with Crippen LogP contribution in [0.25, 0.3) is 17.0 Å². The summed E-state index contributed by atoms with van der Waals surface area (Å²) in [4.78, 5) is 4.40. The summed E-state index contributed by atoms with van der Waals surface area (Å²) in [6.45, 7) is 4.56. The maximum Gasteiger partial charge on any atom is 0.148 e. The topological polar surface area (TPSA) is 50.9 Å². The average molecular weight is 223 g/mol. The van der Waals surface area contributed by atoms with E-state index in [0.717, 1.165) is 34.3 Å². The van der Waals surface area contributed by atoms with Crippen LogP contribution in [-0.2, 0) is 0 Å². The fourth-order valence-electron chi connectivity index (χ4n) is 2.15. The van der Waals surface area contributed by atoms with Crippen molar-refractivity contribution in [3.05, 3.63) is 48.1 Å². The molecule has 0 saturated heterocycles. The molecule has 0 radical (unpaired) electrons. The first-order valence-corrected chi connectivity index (χ1v) is 5.54. The molecule has 84 valence electrons. The number of hydrogen-bond acceptors (Lipinski definition) is 3. The van der Waals surface area contributed by atoms with Crippen LogP contribution in [0.3, 0.4) is 0 Å². The quantitative estimate of drug-likeness (QED) is 0.781. The number of rotatable bonds is 1. The second-order valence-corrected chi connectivity index (χ2v) is 4.08. The largest absolute Gasteiger partial charge is 0.382 e. The van der Waals surface area contributed by atoms with E-state index in [4.69, 9.17) is 5.73 Å². The molecule has 3 nitrogen and oxygen atoms in total. The summed E-state index contributed by atoms with van der Waals surface area (Å²) in [7, 11) is 0. The van der Waals surface area contributed by atoms with Crippen LogP contribution in [0, 0.1) is 0 Å². The minimum atomic E-state index is 0.554. The first kappa shape index (κ1) is 9.90. The minimum Gasteiger partial charge on any atom is -0.382 e. The van der Waals surface area contributed by atoms with Gasteiger partial charge < -0.3 is 11.1 Å². The van der Waals surface area contributed by atoms with Gasteiger partial charge in [-0.1, -0.05) is 30.9 Å². The molecule has 3 rings (SSSR count). The van der Waals surface area contributed by atoms with Crippen LogP contribution < -0.4 is 11.1 Å². The zero-order valence-corrected chi connectivity index (χ0v) is 9.40. The predicted molar refractivity (Wildman–Crippen MR) is 72.8 cm³/mol. The Balaban J connectivity index is 2.39. The summed E-state index contributed by atoms with van der Waals surface area (Å²) < 4.78 is 0. The maximum atomic E-state index is 5.97. The predicted octanol–water partition coefficient (Wildman–Crippen LogP) is 2.81. The molecule has 1 aliphatic heterocycles. The maximum absolute atomic E-state index is 5.97. The summed E-state index contributed by atoms with van der Waals surface area (Å²) in [5.74, 6) is 0.554. The number of benzene rings is 1. The Bertz CT molecular complexity index is 641. The van der Waals surface area contributed by atoms with Gasteiger partial charge in [0.05, 0.1) is 11.2 Å². The number of para-hydroxylation sites is 1. The molecule has 0 fully saturated rings. The molecule has 1 aromatic carbocycles. The fraction of sp³-hybridized carbons (Fsp3) is 0.0714. The summed E-state index contributed by atoms with van der Waals surface area (Å²) >= 11 is 0. The van der Waals surface area contributed by atoms with Gasteiger partial charge in [0.2, 0.25) is 0 Å². The summed E-state index contributed by atoms with van der Waals surface area (Å²) in [6.07, 6.45) is 3.99. The Labute approximate surface area is 99.7 Å². The number of nitrogens with zero attached hydrogens (tertiary/aromatic N) is 1. The molecule has 0 unspecified atom stereocenters. The normalized spacial score (nSPS) is 13.8. The molecule has 2 heterocycles. The molecule has 0 bridgehead atoms. The van der Waals surface area contributed by atoms with Gasteiger partial charge >= 0.3 is 0 Å². The number of nitrogen functional groups attached to an aromatic ring is 1. The van der Waals surface area contributed by atoms with E-state index in [-0.39, 0.29) is 0 Å². The van der Waals surface area contributed by atoms with Crippen LogP contribution in [0.15, 0.2) is 42.5 Å². The number of pyridine rings is 1. The molecule has 0 spiro atoms. The fourth-order valence-corrected chi connectivity index (χ4v) is 2.15. The molecule has 0 amide bonds. The van der Waals surface area contributed by atoms with Gasteiger partial charge in [-0.2, -0.15) is 0 Å². The highest BCUT2D eigenvalue weighted by Gasteiger charge is 2.15. The second-order valence-electron chi connectivity index (χ2n) is 4.08. The van der Waals surface area contributed by atoms with Crippen LogP contribution in [-0.4, -0.2) is 11.5 Å². The van der Waals surface area contributed by atoms with Gasteiger partial charge in [0.1, 0.15) is 5.82 Å². The third-order valence-corrected chi connectivity index (χ3v) is 3.02. The first-order valence-electron chi connectivity index (χ1n) is 5.54. The van der Waals surface area contributed by atoms with E-state index in [1.165, 1.54) is 0 Å². The molecule has 1 aromatic heterocycles. The van der Waals surface area contributed by atoms with E-state index in [1.807, 2.05) is 24.3 Å². The van der Waals surface area contributed by atoms with E-state index >= 15 is 0 Å². The van der Waals surface area contributed by atoms with Crippen molar-refractivity contribution in [2.75, 3.05) is 17.6 Å². The van der Waals surface area contributed by atoms with Crippen LogP contribution in [0.4, 0.5) is 11.5 Å². The van der Waals surface area contributed by atoms with Crippen LogP contribution >= 0.6 is 0 Å². The van der Waals surface area contributed by atoms with Crippen molar-refractivity contribution in [2.45, 2.75) is 0 Å².